The Morgan fingerprint density at radius 1 is 1.03 bits per heavy atom. The molecule has 0 aliphatic heterocycles. The number of fused-ring (bicyclic) bond motifs is 1. The average Bonchev–Trinajstić information content (AvgIpc) is 3.17. The minimum Gasteiger partial charge on any atom is -0.365 e. The molecule has 2 aliphatic rings. The third-order valence-corrected chi connectivity index (χ3v) is 9.66. The number of aryl methyl sites for hydroxylation is 1. The van der Waals surface area contributed by atoms with Crippen molar-refractivity contribution in [3.63, 3.8) is 0 Å². The molecule has 1 heterocycles. The first kappa shape index (κ1) is 22.9. The third-order valence-electron chi connectivity index (χ3n) is 6.53. The van der Waals surface area contributed by atoms with E-state index in [1.807, 2.05) is 0 Å². The summed E-state index contributed by atoms with van der Waals surface area (Å²) >= 11 is 1.41. The van der Waals surface area contributed by atoms with Gasteiger partial charge in [0, 0.05) is 23.5 Å². The van der Waals surface area contributed by atoms with Crippen LogP contribution >= 0.6 is 11.3 Å². The Bertz CT molecular complexity index is 1120. The Kier molecular flexibility index (Phi) is 6.69. The zero-order chi connectivity index (χ0) is 22.9. The van der Waals surface area contributed by atoms with Crippen molar-refractivity contribution in [1.82, 2.24) is 4.31 Å². The largest absolute Gasteiger partial charge is 0.365 e. The van der Waals surface area contributed by atoms with E-state index in [0.717, 1.165) is 68.2 Å². The van der Waals surface area contributed by atoms with Crippen LogP contribution in [0.3, 0.4) is 0 Å². The van der Waals surface area contributed by atoms with Crippen LogP contribution in [0.2, 0.25) is 0 Å². The molecule has 2 aliphatic carbocycles. The Labute approximate surface area is 193 Å². The summed E-state index contributed by atoms with van der Waals surface area (Å²) in [5, 5.41) is 3.29. The number of carbonyl (C=O) groups is 2. The van der Waals surface area contributed by atoms with Gasteiger partial charge in [0.15, 0.2) is 0 Å². The molecule has 0 unspecified atom stereocenters. The summed E-state index contributed by atoms with van der Waals surface area (Å²) in [5.74, 6) is -0.928. The van der Waals surface area contributed by atoms with Gasteiger partial charge in [0.05, 0.1) is 10.5 Å². The third kappa shape index (κ3) is 4.46. The molecule has 1 aromatic heterocycles. The van der Waals surface area contributed by atoms with Crippen LogP contribution in [0, 0.1) is 0 Å². The molecular formula is C23H29N3O4S2. The van der Waals surface area contributed by atoms with E-state index in [-0.39, 0.29) is 10.9 Å². The van der Waals surface area contributed by atoms with Crippen LogP contribution in [0.1, 0.15) is 76.1 Å². The molecule has 1 fully saturated rings. The summed E-state index contributed by atoms with van der Waals surface area (Å²) in [6.45, 7) is 0. The lowest BCUT2D eigenvalue weighted by Gasteiger charge is -2.30. The molecule has 9 heteroatoms. The van der Waals surface area contributed by atoms with Crippen LogP contribution in [0.25, 0.3) is 0 Å². The van der Waals surface area contributed by atoms with Crippen LogP contribution < -0.4 is 11.1 Å². The Hall–Kier alpha value is -2.23. The molecule has 1 aromatic carbocycles. The second kappa shape index (κ2) is 9.33. The molecule has 172 valence electrons. The molecular weight excluding hydrogens is 446 g/mol. The van der Waals surface area contributed by atoms with Crippen LogP contribution in [-0.2, 0) is 22.9 Å². The first-order chi connectivity index (χ1) is 15.3. The maximum absolute atomic E-state index is 13.0. The molecule has 3 N–H and O–H groups in total. The number of amides is 2. The van der Waals surface area contributed by atoms with E-state index in [2.05, 4.69) is 5.32 Å². The molecule has 0 bridgehead atoms. The fraction of sp³-hybridized carbons (Fsp3) is 0.478. The lowest BCUT2D eigenvalue weighted by molar-refractivity contribution is 0.100. The number of benzene rings is 1. The predicted molar refractivity (Wildman–Crippen MR) is 126 cm³/mol. The highest BCUT2D eigenvalue weighted by Crippen LogP contribution is 2.38. The molecule has 4 rings (SSSR count). The number of primary amides is 1. The molecule has 1 saturated carbocycles. The topological polar surface area (TPSA) is 110 Å². The van der Waals surface area contributed by atoms with Crippen molar-refractivity contribution in [2.75, 3.05) is 12.4 Å². The van der Waals surface area contributed by atoms with Crippen molar-refractivity contribution in [2.24, 2.45) is 5.73 Å². The number of rotatable bonds is 6. The highest BCUT2D eigenvalue weighted by atomic mass is 32.2. The van der Waals surface area contributed by atoms with E-state index >= 15 is 0 Å². The lowest BCUT2D eigenvalue weighted by Crippen LogP contribution is -2.38. The van der Waals surface area contributed by atoms with Crippen LogP contribution in [0.5, 0.6) is 0 Å². The summed E-state index contributed by atoms with van der Waals surface area (Å²) in [5.41, 5.74) is 7.29. The number of nitrogens with two attached hydrogens (primary N) is 1. The maximum Gasteiger partial charge on any atom is 0.256 e. The molecule has 7 nitrogen and oxygen atoms in total. The second-order valence-corrected chi connectivity index (χ2v) is 11.7. The van der Waals surface area contributed by atoms with Crippen molar-refractivity contribution in [2.45, 2.75) is 68.7 Å². The van der Waals surface area contributed by atoms with Gasteiger partial charge in [0.2, 0.25) is 10.0 Å². The summed E-state index contributed by atoms with van der Waals surface area (Å²) in [6.07, 6.45) is 8.74. The molecule has 2 aromatic rings. The molecule has 0 atom stereocenters. The minimum absolute atomic E-state index is 0.0220. The Morgan fingerprint density at radius 3 is 2.34 bits per heavy atom. The monoisotopic (exact) mass is 475 g/mol. The fourth-order valence-corrected chi connectivity index (χ4v) is 7.38. The maximum atomic E-state index is 13.0. The average molecular weight is 476 g/mol. The van der Waals surface area contributed by atoms with E-state index in [1.165, 1.54) is 39.9 Å². The number of anilines is 1. The normalized spacial score (nSPS) is 17.2. The molecule has 0 radical (unpaired) electrons. The van der Waals surface area contributed by atoms with Gasteiger partial charge in [-0.2, -0.15) is 4.31 Å². The second-order valence-electron chi connectivity index (χ2n) is 8.57. The van der Waals surface area contributed by atoms with E-state index < -0.39 is 21.8 Å². The Morgan fingerprint density at radius 2 is 1.69 bits per heavy atom. The SMILES string of the molecule is CN(C1CCCCC1)S(=O)(=O)c1ccc(C(=O)Nc2sc3c(c2C(N)=O)CCCC3)cc1. The van der Waals surface area contributed by atoms with Crippen molar-refractivity contribution in [1.29, 1.82) is 0 Å². The minimum atomic E-state index is -3.62. The number of nitrogens with zero attached hydrogens (tertiary/aromatic N) is 1. The standard InChI is InChI=1S/C23H29N3O4S2/c1-26(16-7-3-2-4-8-16)32(29,30)17-13-11-15(12-14-17)22(28)25-23-20(21(24)27)18-9-5-6-10-19(18)31-23/h11-14,16H,2-10H2,1H3,(H2,24,27)(H,25,28). The number of thiophene rings is 1. The summed E-state index contributed by atoms with van der Waals surface area (Å²) in [6, 6.07) is 5.98. The molecule has 2 amide bonds. The van der Waals surface area contributed by atoms with Gasteiger partial charge in [0.25, 0.3) is 11.8 Å². The number of hydrogen-bond donors (Lipinski definition) is 2. The molecule has 0 spiro atoms. The number of hydrogen-bond acceptors (Lipinski definition) is 5. The van der Waals surface area contributed by atoms with Crippen molar-refractivity contribution in [3.8, 4) is 0 Å². The molecule has 32 heavy (non-hydrogen) atoms. The van der Waals surface area contributed by atoms with Gasteiger partial charge in [-0.1, -0.05) is 19.3 Å². The molecule has 0 saturated heterocycles. The summed E-state index contributed by atoms with van der Waals surface area (Å²) in [7, 11) is -1.98. The number of sulfonamides is 1. The van der Waals surface area contributed by atoms with Crippen molar-refractivity contribution in [3.05, 3.63) is 45.8 Å². The van der Waals surface area contributed by atoms with E-state index in [4.69, 9.17) is 5.73 Å². The number of carbonyl (C=O) groups excluding carboxylic acids is 2. The van der Waals surface area contributed by atoms with E-state index in [1.54, 1.807) is 7.05 Å². The van der Waals surface area contributed by atoms with Gasteiger partial charge in [-0.15, -0.1) is 11.3 Å². The number of nitrogens with one attached hydrogen (secondary N) is 1. The van der Waals surface area contributed by atoms with Gasteiger partial charge < -0.3 is 11.1 Å². The van der Waals surface area contributed by atoms with Crippen LogP contribution in [0.4, 0.5) is 5.00 Å². The van der Waals surface area contributed by atoms with E-state index in [9.17, 15) is 18.0 Å². The van der Waals surface area contributed by atoms with Gasteiger partial charge in [-0.25, -0.2) is 8.42 Å². The first-order valence-corrected chi connectivity index (χ1v) is 13.4. The van der Waals surface area contributed by atoms with Gasteiger partial charge in [-0.3, -0.25) is 9.59 Å². The smallest absolute Gasteiger partial charge is 0.256 e. The summed E-state index contributed by atoms with van der Waals surface area (Å²) in [4.78, 5) is 26.1. The first-order valence-electron chi connectivity index (χ1n) is 11.1. The highest BCUT2D eigenvalue weighted by molar-refractivity contribution is 7.89. The fourth-order valence-electron chi connectivity index (χ4n) is 4.68. The lowest BCUT2D eigenvalue weighted by atomic mass is 9.95. The highest BCUT2D eigenvalue weighted by Gasteiger charge is 2.29. The Balaban J connectivity index is 1.52. The van der Waals surface area contributed by atoms with Crippen molar-refractivity contribution < 1.29 is 18.0 Å². The van der Waals surface area contributed by atoms with Gasteiger partial charge in [0.1, 0.15) is 5.00 Å². The van der Waals surface area contributed by atoms with Gasteiger partial charge >= 0.3 is 0 Å². The zero-order valence-electron chi connectivity index (χ0n) is 18.2. The van der Waals surface area contributed by atoms with Gasteiger partial charge in [-0.05, 0) is 68.4 Å². The van der Waals surface area contributed by atoms with Crippen LogP contribution in [-0.4, -0.2) is 37.6 Å². The quantitative estimate of drug-likeness (QED) is 0.659. The van der Waals surface area contributed by atoms with E-state index in [0.29, 0.717) is 16.1 Å². The van der Waals surface area contributed by atoms with Crippen LogP contribution in [0.15, 0.2) is 29.2 Å². The van der Waals surface area contributed by atoms with Crippen molar-refractivity contribution >= 4 is 38.2 Å². The zero-order valence-corrected chi connectivity index (χ0v) is 19.9. The predicted octanol–water partition coefficient (Wildman–Crippen LogP) is 3.93. The summed E-state index contributed by atoms with van der Waals surface area (Å²) < 4.78 is 27.5.